The average Bonchev–Trinajstić information content (AvgIpc) is 3.12. The summed E-state index contributed by atoms with van der Waals surface area (Å²) in [6.45, 7) is 12.8. The van der Waals surface area contributed by atoms with E-state index in [1.807, 2.05) is 11.3 Å². The lowest BCUT2D eigenvalue weighted by molar-refractivity contribution is -0.106. The molecular formula is C19H31N3OS. The number of fused-ring (bicyclic) bond motifs is 1. The fourth-order valence-corrected chi connectivity index (χ4v) is 5.26. The van der Waals surface area contributed by atoms with Gasteiger partial charge in [0.1, 0.15) is 0 Å². The Hall–Kier alpha value is -1.07. The first-order valence-electron chi connectivity index (χ1n) is 9.16. The van der Waals surface area contributed by atoms with Gasteiger partial charge in [0.25, 0.3) is 0 Å². The second-order valence-electron chi connectivity index (χ2n) is 7.77. The molecule has 3 rings (SSSR count). The van der Waals surface area contributed by atoms with E-state index in [2.05, 4.69) is 62.4 Å². The summed E-state index contributed by atoms with van der Waals surface area (Å²) in [6, 6.07) is 5.24. The van der Waals surface area contributed by atoms with Crippen molar-refractivity contribution in [2.75, 3.05) is 13.2 Å². The van der Waals surface area contributed by atoms with Gasteiger partial charge in [0.15, 0.2) is 5.96 Å². The normalized spacial score (nSPS) is 29.7. The predicted octanol–water partition coefficient (Wildman–Crippen LogP) is 3.36. The number of hydrogen-bond donors (Lipinski definition) is 2. The Morgan fingerprint density at radius 2 is 2.25 bits per heavy atom. The summed E-state index contributed by atoms with van der Waals surface area (Å²) < 4.78 is 5.90. The largest absolute Gasteiger partial charge is 0.377 e. The summed E-state index contributed by atoms with van der Waals surface area (Å²) in [5.74, 6) is 1.57. The van der Waals surface area contributed by atoms with Crippen LogP contribution in [0.5, 0.6) is 0 Å². The minimum absolute atomic E-state index is 0.172. The molecule has 5 heteroatoms. The molecule has 0 aromatic carbocycles. The van der Waals surface area contributed by atoms with Crippen molar-refractivity contribution in [3.63, 3.8) is 0 Å². The summed E-state index contributed by atoms with van der Waals surface area (Å²) in [5, 5.41) is 7.30. The third-order valence-electron chi connectivity index (χ3n) is 5.40. The highest BCUT2D eigenvalue weighted by molar-refractivity contribution is 7.11. The Labute approximate surface area is 150 Å². The minimum atomic E-state index is 0.172. The van der Waals surface area contributed by atoms with Gasteiger partial charge in [0.05, 0.1) is 6.10 Å². The van der Waals surface area contributed by atoms with Gasteiger partial charge in [0.2, 0.25) is 0 Å². The molecule has 1 aromatic rings. The molecule has 4 atom stereocenters. The summed E-state index contributed by atoms with van der Waals surface area (Å²) in [5.41, 5.74) is 0.172. The Balaban J connectivity index is 1.60. The molecule has 4 unspecified atom stereocenters. The number of guanidine groups is 1. The number of hydrogen-bond acceptors (Lipinski definition) is 3. The van der Waals surface area contributed by atoms with Crippen molar-refractivity contribution in [3.8, 4) is 0 Å². The van der Waals surface area contributed by atoms with E-state index in [1.165, 1.54) is 9.75 Å². The van der Waals surface area contributed by atoms with Crippen molar-refractivity contribution in [2.24, 2.45) is 16.3 Å². The monoisotopic (exact) mass is 349 g/mol. The average molecular weight is 350 g/mol. The van der Waals surface area contributed by atoms with Crippen LogP contribution in [-0.4, -0.2) is 37.3 Å². The topological polar surface area (TPSA) is 45.7 Å². The summed E-state index contributed by atoms with van der Waals surface area (Å²) in [4.78, 5) is 7.47. The van der Waals surface area contributed by atoms with E-state index in [-0.39, 0.29) is 5.41 Å². The molecule has 2 N–H and O–H groups in total. The van der Waals surface area contributed by atoms with Gasteiger partial charge in [-0.1, -0.05) is 13.8 Å². The van der Waals surface area contributed by atoms with Crippen LogP contribution in [-0.2, 0) is 11.2 Å². The molecule has 1 aromatic heterocycles. The maximum atomic E-state index is 5.90. The molecule has 1 saturated carbocycles. The summed E-state index contributed by atoms with van der Waals surface area (Å²) in [7, 11) is 0. The highest BCUT2D eigenvalue weighted by atomic mass is 32.1. The second kappa shape index (κ2) is 7.04. The molecule has 2 fully saturated rings. The van der Waals surface area contributed by atoms with Crippen molar-refractivity contribution in [2.45, 2.75) is 65.6 Å². The second-order valence-corrected chi connectivity index (χ2v) is 9.14. The molecule has 1 aliphatic carbocycles. The van der Waals surface area contributed by atoms with E-state index in [4.69, 9.17) is 4.74 Å². The number of nitrogens with zero attached hydrogens (tertiary/aromatic N) is 1. The molecule has 24 heavy (non-hydrogen) atoms. The molecule has 0 spiro atoms. The lowest BCUT2D eigenvalue weighted by Crippen LogP contribution is -2.68. The Morgan fingerprint density at radius 1 is 1.46 bits per heavy atom. The summed E-state index contributed by atoms with van der Waals surface area (Å²) >= 11 is 1.88. The van der Waals surface area contributed by atoms with Crippen LogP contribution >= 0.6 is 11.3 Å². The number of rotatable bonds is 5. The van der Waals surface area contributed by atoms with E-state index >= 15 is 0 Å². The zero-order valence-electron chi connectivity index (χ0n) is 15.6. The van der Waals surface area contributed by atoms with Gasteiger partial charge in [-0.15, -0.1) is 11.3 Å². The Morgan fingerprint density at radius 3 is 2.92 bits per heavy atom. The standard InChI is InChI=1S/C19H31N3OS/c1-6-20-18(21-12(2)11-14-8-7-13(3)24-14)22-16-15-9-10-23-17(15)19(16,4)5/h7-8,12,15-17H,6,9-11H2,1-5H3,(H2,20,21,22). The quantitative estimate of drug-likeness (QED) is 0.633. The molecule has 1 saturated heterocycles. The van der Waals surface area contributed by atoms with E-state index in [9.17, 15) is 0 Å². The van der Waals surface area contributed by atoms with Gasteiger partial charge in [-0.05, 0) is 39.3 Å². The molecular weight excluding hydrogens is 318 g/mol. The highest BCUT2D eigenvalue weighted by Gasteiger charge is 2.59. The van der Waals surface area contributed by atoms with Crippen LogP contribution in [0.25, 0.3) is 0 Å². The van der Waals surface area contributed by atoms with Crippen LogP contribution in [0.4, 0.5) is 0 Å². The predicted molar refractivity (Wildman–Crippen MR) is 102 cm³/mol. The maximum Gasteiger partial charge on any atom is 0.191 e. The molecule has 2 aliphatic rings. The first kappa shape index (κ1) is 17.7. The first-order valence-corrected chi connectivity index (χ1v) is 9.98. The zero-order valence-corrected chi connectivity index (χ0v) is 16.4. The number of aryl methyl sites for hydroxylation is 1. The number of nitrogens with one attached hydrogen (secondary N) is 2. The van der Waals surface area contributed by atoms with Gasteiger partial charge in [0, 0.05) is 52.7 Å². The number of ether oxygens (including phenoxy) is 1. The van der Waals surface area contributed by atoms with E-state index < -0.39 is 0 Å². The third kappa shape index (κ3) is 3.47. The highest BCUT2D eigenvalue weighted by Crippen LogP contribution is 2.52. The molecule has 0 radical (unpaired) electrons. The van der Waals surface area contributed by atoms with Gasteiger partial charge in [-0.25, -0.2) is 0 Å². The minimum Gasteiger partial charge on any atom is -0.377 e. The molecule has 2 heterocycles. The van der Waals surface area contributed by atoms with Gasteiger partial charge in [-0.3, -0.25) is 4.99 Å². The first-order chi connectivity index (χ1) is 11.4. The number of aliphatic imine (C=N–C) groups is 1. The van der Waals surface area contributed by atoms with Crippen LogP contribution in [0.2, 0.25) is 0 Å². The van der Waals surface area contributed by atoms with Crippen molar-refractivity contribution < 1.29 is 4.74 Å². The van der Waals surface area contributed by atoms with Crippen LogP contribution in [0.1, 0.15) is 43.9 Å². The molecule has 1 aliphatic heterocycles. The van der Waals surface area contributed by atoms with Crippen molar-refractivity contribution >= 4 is 17.3 Å². The zero-order chi connectivity index (χ0) is 17.3. The van der Waals surface area contributed by atoms with Gasteiger partial charge < -0.3 is 15.4 Å². The van der Waals surface area contributed by atoms with E-state index in [1.54, 1.807) is 0 Å². The molecule has 134 valence electrons. The molecule has 0 bridgehead atoms. The SMILES string of the molecule is CCN=C(NC(C)Cc1ccc(C)s1)NC1C2CCOC2C1(C)C. The van der Waals surface area contributed by atoms with Crippen LogP contribution < -0.4 is 10.6 Å². The van der Waals surface area contributed by atoms with Crippen molar-refractivity contribution in [1.29, 1.82) is 0 Å². The lowest BCUT2D eigenvalue weighted by Gasteiger charge is -2.55. The molecule has 0 amide bonds. The van der Waals surface area contributed by atoms with E-state index in [0.717, 1.165) is 32.0 Å². The van der Waals surface area contributed by atoms with Crippen LogP contribution in [0.3, 0.4) is 0 Å². The number of thiophene rings is 1. The maximum absolute atomic E-state index is 5.90. The van der Waals surface area contributed by atoms with Gasteiger partial charge >= 0.3 is 0 Å². The van der Waals surface area contributed by atoms with Gasteiger partial charge in [-0.2, -0.15) is 0 Å². The van der Waals surface area contributed by atoms with Crippen molar-refractivity contribution in [1.82, 2.24) is 10.6 Å². The fraction of sp³-hybridized carbons (Fsp3) is 0.737. The smallest absolute Gasteiger partial charge is 0.191 e. The Kier molecular flexibility index (Phi) is 5.21. The van der Waals surface area contributed by atoms with E-state index in [0.29, 0.717) is 24.1 Å². The van der Waals surface area contributed by atoms with Crippen LogP contribution in [0, 0.1) is 18.3 Å². The van der Waals surface area contributed by atoms with Crippen LogP contribution in [0.15, 0.2) is 17.1 Å². The Bertz CT molecular complexity index is 595. The molecule has 4 nitrogen and oxygen atoms in total. The fourth-order valence-electron chi connectivity index (χ4n) is 4.24. The van der Waals surface area contributed by atoms with Crippen molar-refractivity contribution in [3.05, 3.63) is 21.9 Å². The summed E-state index contributed by atoms with van der Waals surface area (Å²) in [6.07, 6.45) is 2.60. The lowest BCUT2D eigenvalue weighted by atomic mass is 9.57. The third-order valence-corrected chi connectivity index (χ3v) is 6.42.